The molecule has 0 atom stereocenters. The van der Waals surface area contributed by atoms with E-state index in [-0.39, 0.29) is 24.9 Å². The van der Waals surface area contributed by atoms with Crippen molar-refractivity contribution < 1.29 is 13.9 Å². The molecule has 1 N–H and O–H groups in total. The van der Waals surface area contributed by atoms with Gasteiger partial charge in [0.15, 0.2) is 6.61 Å². The first-order valence-electron chi connectivity index (χ1n) is 7.59. The first-order chi connectivity index (χ1) is 10.9. The normalized spacial score (nSPS) is 10.5. The van der Waals surface area contributed by atoms with Crippen molar-refractivity contribution in [3.63, 3.8) is 0 Å². The van der Waals surface area contributed by atoms with Crippen molar-refractivity contribution in [1.82, 2.24) is 5.32 Å². The molecule has 4 heteroatoms. The molecule has 23 heavy (non-hydrogen) atoms. The summed E-state index contributed by atoms with van der Waals surface area (Å²) in [5.41, 5.74) is 4.58. The Kier molecular flexibility index (Phi) is 5.37. The second-order valence-corrected chi connectivity index (χ2v) is 5.85. The van der Waals surface area contributed by atoms with Gasteiger partial charge in [-0.1, -0.05) is 18.2 Å². The zero-order valence-electron chi connectivity index (χ0n) is 14.0. The maximum atomic E-state index is 13.5. The summed E-state index contributed by atoms with van der Waals surface area (Å²) >= 11 is 0. The van der Waals surface area contributed by atoms with E-state index in [1.54, 1.807) is 19.1 Å². The quantitative estimate of drug-likeness (QED) is 0.912. The van der Waals surface area contributed by atoms with Gasteiger partial charge in [0.2, 0.25) is 0 Å². The molecule has 2 aromatic carbocycles. The van der Waals surface area contributed by atoms with E-state index in [1.807, 2.05) is 26.8 Å². The SMILES string of the molecule is Cc1cc(C)c(C)c(OCC(=O)NCc2ccc(C)c(F)c2)c1. The summed E-state index contributed by atoms with van der Waals surface area (Å²) in [4.78, 5) is 11.9. The van der Waals surface area contributed by atoms with Crippen LogP contribution in [0.2, 0.25) is 0 Å². The third kappa shape index (κ3) is 4.55. The fourth-order valence-corrected chi connectivity index (χ4v) is 2.29. The van der Waals surface area contributed by atoms with Crippen LogP contribution in [0, 0.1) is 33.5 Å². The molecule has 2 aromatic rings. The van der Waals surface area contributed by atoms with Crippen molar-refractivity contribution in [1.29, 1.82) is 0 Å². The van der Waals surface area contributed by atoms with E-state index >= 15 is 0 Å². The van der Waals surface area contributed by atoms with E-state index in [4.69, 9.17) is 4.74 Å². The molecule has 2 rings (SSSR count). The Morgan fingerprint density at radius 3 is 2.52 bits per heavy atom. The first-order valence-corrected chi connectivity index (χ1v) is 7.59. The molecule has 0 saturated carbocycles. The molecule has 0 radical (unpaired) electrons. The minimum atomic E-state index is -0.265. The van der Waals surface area contributed by atoms with Gasteiger partial charge in [-0.05, 0) is 67.6 Å². The lowest BCUT2D eigenvalue weighted by atomic mass is 10.1. The molecule has 0 unspecified atom stereocenters. The Bertz CT molecular complexity index is 726. The minimum absolute atomic E-state index is 0.0575. The van der Waals surface area contributed by atoms with Crippen LogP contribution in [0.1, 0.15) is 27.8 Å². The van der Waals surface area contributed by atoms with Gasteiger partial charge in [-0.15, -0.1) is 0 Å². The molecule has 0 fully saturated rings. The second kappa shape index (κ2) is 7.27. The van der Waals surface area contributed by atoms with E-state index in [2.05, 4.69) is 11.4 Å². The molecule has 0 aliphatic rings. The number of rotatable bonds is 5. The number of halogens is 1. The van der Waals surface area contributed by atoms with Gasteiger partial charge in [0.25, 0.3) is 5.91 Å². The maximum Gasteiger partial charge on any atom is 0.258 e. The Morgan fingerprint density at radius 1 is 1.09 bits per heavy atom. The number of nitrogens with one attached hydrogen (secondary N) is 1. The Balaban J connectivity index is 1.89. The molecule has 0 spiro atoms. The van der Waals surface area contributed by atoms with Crippen molar-refractivity contribution in [2.24, 2.45) is 0 Å². The number of amides is 1. The average Bonchev–Trinajstić information content (AvgIpc) is 2.50. The van der Waals surface area contributed by atoms with Gasteiger partial charge in [-0.2, -0.15) is 0 Å². The van der Waals surface area contributed by atoms with Crippen LogP contribution in [-0.4, -0.2) is 12.5 Å². The Morgan fingerprint density at radius 2 is 1.83 bits per heavy atom. The Hall–Kier alpha value is -2.36. The lowest BCUT2D eigenvalue weighted by Crippen LogP contribution is -2.28. The highest BCUT2D eigenvalue weighted by Crippen LogP contribution is 2.23. The highest BCUT2D eigenvalue weighted by Gasteiger charge is 2.08. The van der Waals surface area contributed by atoms with Crippen molar-refractivity contribution >= 4 is 5.91 Å². The molecule has 1 amide bonds. The predicted molar refractivity (Wildman–Crippen MR) is 89.1 cm³/mol. The van der Waals surface area contributed by atoms with Crippen LogP contribution in [0.15, 0.2) is 30.3 Å². The number of aryl methyl sites for hydroxylation is 3. The molecule has 0 saturated heterocycles. The second-order valence-electron chi connectivity index (χ2n) is 5.85. The van der Waals surface area contributed by atoms with Crippen molar-refractivity contribution in [2.45, 2.75) is 34.2 Å². The van der Waals surface area contributed by atoms with Crippen LogP contribution >= 0.6 is 0 Å². The summed E-state index contributed by atoms with van der Waals surface area (Å²) < 4.78 is 19.1. The number of ether oxygens (including phenoxy) is 1. The standard InChI is InChI=1S/C19H22FNO2/c1-12-7-14(3)15(4)18(8-12)23-11-19(22)21-10-16-6-5-13(2)17(20)9-16/h5-9H,10-11H2,1-4H3,(H,21,22). The molecule has 0 heterocycles. The van der Waals surface area contributed by atoms with Crippen LogP contribution in [0.3, 0.4) is 0 Å². The lowest BCUT2D eigenvalue weighted by Gasteiger charge is -2.12. The molecule has 3 nitrogen and oxygen atoms in total. The smallest absolute Gasteiger partial charge is 0.258 e. The molecular formula is C19H22FNO2. The third-order valence-electron chi connectivity index (χ3n) is 3.85. The van der Waals surface area contributed by atoms with Crippen molar-refractivity contribution in [3.05, 3.63) is 64.0 Å². The van der Waals surface area contributed by atoms with Crippen LogP contribution in [-0.2, 0) is 11.3 Å². The fourth-order valence-electron chi connectivity index (χ4n) is 2.29. The van der Waals surface area contributed by atoms with Crippen LogP contribution in [0.5, 0.6) is 5.75 Å². The van der Waals surface area contributed by atoms with Crippen molar-refractivity contribution in [2.75, 3.05) is 6.61 Å². The third-order valence-corrected chi connectivity index (χ3v) is 3.85. The lowest BCUT2D eigenvalue weighted by molar-refractivity contribution is -0.123. The summed E-state index contributed by atoms with van der Waals surface area (Å²) in [6.45, 7) is 7.91. The summed E-state index contributed by atoms with van der Waals surface area (Å²) in [7, 11) is 0. The number of hydrogen-bond donors (Lipinski definition) is 1. The molecule has 0 aliphatic heterocycles. The number of carbonyl (C=O) groups is 1. The fraction of sp³-hybridized carbons (Fsp3) is 0.316. The largest absolute Gasteiger partial charge is 0.483 e. The average molecular weight is 315 g/mol. The van der Waals surface area contributed by atoms with Gasteiger partial charge < -0.3 is 10.1 Å². The summed E-state index contributed by atoms with van der Waals surface area (Å²) in [6.07, 6.45) is 0. The van der Waals surface area contributed by atoms with Crippen LogP contribution in [0.25, 0.3) is 0 Å². The topological polar surface area (TPSA) is 38.3 Å². The molecule has 0 bridgehead atoms. The minimum Gasteiger partial charge on any atom is -0.483 e. The molecule has 0 aromatic heterocycles. The van der Waals surface area contributed by atoms with E-state index in [0.29, 0.717) is 5.56 Å². The summed E-state index contributed by atoms with van der Waals surface area (Å²) in [5, 5.41) is 2.73. The van der Waals surface area contributed by atoms with Crippen LogP contribution < -0.4 is 10.1 Å². The van der Waals surface area contributed by atoms with Gasteiger partial charge in [0.1, 0.15) is 11.6 Å². The predicted octanol–water partition coefficient (Wildman–Crippen LogP) is 3.75. The molecular weight excluding hydrogens is 293 g/mol. The summed E-state index contributed by atoms with van der Waals surface area (Å²) in [6, 6.07) is 8.93. The number of carbonyl (C=O) groups excluding carboxylic acids is 1. The van der Waals surface area contributed by atoms with Gasteiger partial charge in [-0.25, -0.2) is 4.39 Å². The first kappa shape index (κ1) is 17.0. The van der Waals surface area contributed by atoms with E-state index in [9.17, 15) is 9.18 Å². The van der Waals surface area contributed by atoms with E-state index < -0.39 is 0 Å². The highest BCUT2D eigenvalue weighted by molar-refractivity contribution is 5.77. The maximum absolute atomic E-state index is 13.5. The zero-order valence-corrected chi connectivity index (χ0v) is 14.0. The number of benzene rings is 2. The molecule has 122 valence electrons. The van der Waals surface area contributed by atoms with Crippen molar-refractivity contribution in [3.8, 4) is 5.75 Å². The monoisotopic (exact) mass is 315 g/mol. The van der Waals surface area contributed by atoms with Gasteiger partial charge in [0, 0.05) is 6.54 Å². The highest BCUT2D eigenvalue weighted by atomic mass is 19.1. The van der Waals surface area contributed by atoms with Crippen LogP contribution in [0.4, 0.5) is 4.39 Å². The Labute approximate surface area is 136 Å². The zero-order chi connectivity index (χ0) is 17.0. The summed E-state index contributed by atoms with van der Waals surface area (Å²) in [5.74, 6) is 0.224. The van der Waals surface area contributed by atoms with E-state index in [0.717, 1.165) is 28.0 Å². The van der Waals surface area contributed by atoms with E-state index in [1.165, 1.54) is 6.07 Å². The molecule has 0 aliphatic carbocycles. The van der Waals surface area contributed by atoms with Gasteiger partial charge in [-0.3, -0.25) is 4.79 Å². The number of hydrogen-bond acceptors (Lipinski definition) is 2. The van der Waals surface area contributed by atoms with Gasteiger partial charge >= 0.3 is 0 Å². The van der Waals surface area contributed by atoms with Gasteiger partial charge in [0.05, 0.1) is 0 Å².